The average Bonchev–Trinajstić information content (AvgIpc) is 2.29. The third-order valence-corrected chi connectivity index (χ3v) is 3.22. The van der Waals surface area contributed by atoms with Crippen LogP contribution in [0.15, 0.2) is 34.9 Å². The molecule has 0 saturated heterocycles. The van der Waals surface area contributed by atoms with E-state index < -0.39 is 0 Å². The van der Waals surface area contributed by atoms with Crippen LogP contribution in [0, 0.1) is 19.7 Å². The lowest BCUT2D eigenvalue weighted by Gasteiger charge is -2.07. The molecule has 1 heterocycles. The van der Waals surface area contributed by atoms with Crippen LogP contribution in [0.25, 0.3) is 0 Å². The molecule has 0 bridgehead atoms. The predicted octanol–water partition coefficient (Wildman–Crippen LogP) is 4.39. The van der Waals surface area contributed by atoms with E-state index in [1.54, 1.807) is 31.3 Å². The highest BCUT2D eigenvalue weighted by molar-refractivity contribution is 9.10. The first-order valence-electron chi connectivity index (χ1n) is 5.12. The molecule has 0 amide bonds. The maximum absolute atomic E-state index is 13.3. The first-order chi connectivity index (χ1) is 8.06. The van der Waals surface area contributed by atoms with E-state index >= 15 is 0 Å². The van der Waals surface area contributed by atoms with E-state index in [2.05, 4.69) is 20.9 Å². The van der Waals surface area contributed by atoms with Gasteiger partial charge >= 0.3 is 0 Å². The van der Waals surface area contributed by atoms with E-state index in [-0.39, 0.29) is 5.82 Å². The standard InChI is InChI=1S/C13H11BrFNO/c1-8-3-4-10(6-12(8)15)17-13-5-9(2)11(14)7-16-13/h3-7H,1-2H3. The number of pyridine rings is 1. The second kappa shape index (κ2) is 4.84. The fourth-order valence-electron chi connectivity index (χ4n) is 1.33. The maximum atomic E-state index is 13.3. The van der Waals surface area contributed by atoms with E-state index in [1.165, 1.54) is 6.07 Å². The number of aromatic nitrogens is 1. The van der Waals surface area contributed by atoms with Crippen LogP contribution in [0.3, 0.4) is 0 Å². The van der Waals surface area contributed by atoms with Gasteiger partial charge in [-0.3, -0.25) is 0 Å². The van der Waals surface area contributed by atoms with E-state index in [1.807, 2.05) is 6.92 Å². The number of benzene rings is 1. The molecule has 0 atom stereocenters. The summed E-state index contributed by atoms with van der Waals surface area (Å²) in [6.45, 7) is 3.65. The van der Waals surface area contributed by atoms with Gasteiger partial charge in [-0.2, -0.15) is 0 Å². The molecule has 4 heteroatoms. The van der Waals surface area contributed by atoms with Crippen molar-refractivity contribution in [3.63, 3.8) is 0 Å². The molecule has 0 N–H and O–H groups in total. The summed E-state index contributed by atoms with van der Waals surface area (Å²) in [5, 5.41) is 0. The van der Waals surface area contributed by atoms with Gasteiger partial charge in [-0.05, 0) is 47.0 Å². The van der Waals surface area contributed by atoms with Gasteiger partial charge in [0.25, 0.3) is 0 Å². The Balaban J connectivity index is 2.25. The monoisotopic (exact) mass is 295 g/mol. The minimum absolute atomic E-state index is 0.281. The van der Waals surface area contributed by atoms with E-state index in [9.17, 15) is 4.39 Å². The Labute approximate surface area is 108 Å². The number of hydrogen-bond donors (Lipinski definition) is 0. The SMILES string of the molecule is Cc1ccc(Oc2cc(C)c(Br)cn2)cc1F. The van der Waals surface area contributed by atoms with Crippen molar-refractivity contribution < 1.29 is 9.13 Å². The van der Waals surface area contributed by atoms with Gasteiger partial charge in [-0.15, -0.1) is 0 Å². The van der Waals surface area contributed by atoms with Crippen LogP contribution in [0.5, 0.6) is 11.6 Å². The molecule has 2 nitrogen and oxygen atoms in total. The Hall–Kier alpha value is -1.42. The fourth-order valence-corrected chi connectivity index (χ4v) is 1.54. The average molecular weight is 296 g/mol. The van der Waals surface area contributed by atoms with Crippen LogP contribution in [0.4, 0.5) is 4.39 Å². The van der Waals surface area contributed by atoms with Gasteiger partial charge < -0.3 is 4.74 Å². The molecule has 0 aliphatic heterocycles. The molecule has 0 saturated carbocycles. The molecule has 0 spiro atoms. The van der Waals surface area contributed by atoms with Gasteiger partial charge in [0.1, 0.15) is 11.6 Å². The molecule has 0 aliphatic rings. The van der Waals surface area contributed by atoms with Crippen LogP contribution in [-0.4, -0.2) is 4.98 Å². The van der Waals surface area contributed by atoms with Crippen molar-refractivity contribution >= 4 is 15.9 Å². The minimum Gasteiger partial charge on any atom is -0.439 e. The largest absolute Gasteiger partial charge is 0.439 e. The van der Waals surface area contributed by atoms with Crippen LogP contribution in [0.1, 0.15) is 11.1 Å². The summed E-state index contributed by atoms with van der Waals surface area (Å²) in [6, 6.07) is 6.55. The summed E-state index contributed by atoms with van der Waals surface area (Å²) in [6.07, 6.45) is 1.66. The van der Waals surface area contributed by atoms with Crippen molar-refractivity contribution in [3.8, 4) is 11.6 Å². The van der Waals surface area contributed by atoms with Crippen molar-refractivity contribution in [3.05, 3.63) is 51.9 Å². The molecule has 1 aromatic carbocycles. The molecule has 0 aliphatic carbocycles. The normalized spacial score (nSPS) is 10.4. The van der Waals surface area contributed by atoms with Crippen molar-refractivity contribution in [1.29, 1.82) is 0 Å². The summed E-state index contributed by atoms with van der Waals surface area (Å²) in [5.74, 6) is 0.618. The molecule has 2 rings (SSSR count). The van der Waals surface area contributed by atoms with Crippen LogP contribution in [-0.2, 0) is 0 Å². The zero-order chi connectivity index (χ0) is 12.4. The molecule has 2 aromatic rings. The molecule has 0 unspecified atom stereocenters. The molecule has 0 fully saturated rings. The van der Waals surface area contributed by atoms with Gasteiger partial charge in [0.15, 0.2) is 0 Å². The highest BCUT2D eigenvalue weighted by atomic mass is 79.9. The van der Waals surface area contributed by atoms with Gasteiger partial charge in [-0.25, -0.2) is 9.37 Å². The van der Waals surface area contributed by atoms with E-state index in [4.69, 9.17) is 4.74 Å². The number of rotatable bonds is 2. The number of halogens is 2. The van der Waals surface area contributed by atoms with Gasteiger partial charge in [0.2, 0.25) is 5.88 Å². The molecular formula is C13H11BrFNO. The molecule has 17 heavy (non-hydrogen) atoms. The number of hydrogen-bond acceptors (Lipinski definition) is 2. The molecule has 88 valence electrons. The lowest BCUT2D eigenvalue weighted by molar-refractivity contribution is 0.457. The van der Waals surface area contributed by atoms with Crippen molar-refractivity contribution in [2.24, 2.45) is 0 Å². The lowest BCUT2D eigenvalue weighted by atomic mass is 10.2. The van der Waals surface area contributed by atoms with Gasteiger partial charge in [-0.1, -0.05) is 6.07 Å². The predicted molar refractivity (Wildman–Crippen MR) is 67.9 cm³/mol. The molecule has 0 radical (unpaired) electrons. The van der Waals surface area contributed by atoms with Crippen molar-refractivity contribution in [1.82, 2.24) is 4.98 Å². The third kappa shape index (κ3) is 2.82. The highest BCUT2D eigenvalue weighted by Crippen LogP contribution is 2.24. The quantitative estimate of drug-likeness (QED) is 0.820. The topological polar surface area (TPSA) is 22.1 Å². The first kappa shape index (κ1) is 12.0. The molecular weight excluding hydrogens is 285 g/mol. The van der Waals surface area contributed by atoms with Crippen LogP contribution >= 0.6 is 15.9 Å². The number of ether oxygens (including phenoxy) is 1. The zero-order valence-corrected chi connectivity index (χ0v) is 11.1. The number of aryl methyl sites for hydroxylation is 2. The molecule has 1 aromatic heterocycles. The van der Waals surface area contributed by atoms with Crippen LogP contribution < -0.4 is 4.74 Å². The Bertz CT molecular complexity index is 508. The van der Waals surface area contributed by atoms with Crippen LogP contribution in [0.2, 0.25) is 0 Å². The smallest absolute Gasteiger partial charge is 0.219 e. The Morgan fingerprint density at radius 2 is 1.94 bits per heavy atom. The Morgan fingerprint density at radius 1 is 1.18 bits per heavy atom. The van der Waals surface area contributed by atoms with Crippen molar-refractivity contribution in [2.45, 2.75) is 13.8 Å². The second-order valence-corrected chi connectivity index (χ2v) is 4.64. The van der Waals surface area contributed by atoms with Gasteiger partial charge in [0.05, 0.1) is 0 Å². The fraction of sp³-hybridized carbons (Fsp3) is 0.154. The third-order valence-electron chi connectivity index (χ3n) is 2.39. The summed E-state index contributed by atoms with van der Waals surface area (Å²) in [5.41, 5.74) is 1.61. The maximum Gasteiger partial charge on any atom is 0.219 e. The summed E-state index contributed by atoms with van der Waals surface area (Å²) in [4.78, 5) is 4.09. The lowest BCUT2D eigenvalue weighted by Crippen LogP contribution is -1.91. The summed E-state index contributed by atoms with van der Waals surface area (Å²) < 4.78 is 19.7. The number of nitrogens with zero attached hydrogens (tertiary/aromatic N) is 1. The first-order valence-corrected chi connectivity index (χ1v) is 5.92. The van der Waals surface area contributed by atoms with E-state index in [0.717, 1.165) is 10.0 Å². The second-order valence-electron chi connectivity index (χ2n) is 3.78. The highest BCUT2D eigenvalue weighted by Gasteiger charge is 2.04. The Morgan fingerprint density at radius 3 is 2.59 bits per heavy atom. The van der Waals surface area contributed by atoms with Gasteiger partial charge in [0, 0.05) is 22.8 Å². The zero-order valence-electron chi connectivity index (χ0n) is 9.50. The minimum atomic E-state index is -0.281. The Kier molecular flexibility index (Phi) is 3.43. The van der Waals surface area contributed by atoms with E-state index in [0.29, 0.717) is 17.2 Å². The summed E-state index contributed by atoms with van der Waals surface area (Å²) in [7, 11) is 0. The van der Waals surface area contributed by atoms with Crippen molar-refractivity contribution in [2.75, 3.05) is 0 Å². The summed E-state index contributed by atoms with van der Waals surface area (Å²) >= 11 is 3.36.